The smallest absolute Gasteiger partial charge is 0.455 e. The summed E-state index contributed by atoms with van der Waals surface area (Å²) in [4.78, 5) is 24.0. The third-order valence-corrected chi connectivity index (χ3v) is 4.61. The fourth-order valence-corrected chi connectivity index (χ4v) is 3.52. The van der Waals surface area contributed by atoms with Gasteiger partial charge in [0.25, 0.3) is 5.91 Å². The van der Waals surface area contributed by atoms with Gasteiger partial charge in [-0.2, -0.15) is 0 Å². The number of nitrogens with one attached hydrogen (secondary N) is 1. The molecule has 25 heavy (non-hydrogen) atoms. The van der Waals surface area contributed by atoms with Crippen LogP contribution in [0.2, 0.25) is 0 Å². The van der Waals surface area contributed by atoms with Crippen molar-refractivity contribution in [1.29, 1.82) is 0 Å². The van der Waals surface area contributed by atoms with E-state index in [1.165, 1.54) is 18.2 Å². The molecule has 8 heteroatoms. The average molecular weight is 351 g/mol. The number of hydrogen-bond acceptors (Lipinski definition) is 5. The standard InChI is InChI=1S/C17H15F2NO5/c18-17(19)24-13-4-3-11(7-14(13)25-17)20-15(21)8-23-16(22)12-6-9-1-2-10(12)5-9/h1-4,7,9-10,12H,5-6,8H2,(H,20,21)/t9-,10+,12+/m0/s1. The van der Waals surface area contributed by atoms with E-state index in [0.717, 1.165) is 12.8 Å². The van der Waals surface area contributed by atoms with E-state index in [9.17, 15) is 18.4 Å². The van der Waals surface area contributed by atoms with Crippen LogP contribution in [-0.4, -0.2) is 24.8 Å². The molecule has 1 amide bonds. The van der Waals surface area contributed by atoms with Crippen molar-refractivity contribution in [3.05, 3.63) is 30.4 Å². The number of allylic oxidation sites excluding steroid dienone is 2. The summed E-state index contributed by atoms with van der Waals surface area (Å²) in [7, 11) is 0. The van der Waals surface area contributed by atoms with Crippen molar-refractivity contribution >= 4 is 17.6 Å². The number of halogens is 2. The van der Waals surface area contributed by atoms with E-state index in [4.69, 9.17) is 4.74 Å². The highest BCUT2D eigenvalue weighted by atomic mass is 19.3. The summed E-state index contributed by atoms with van der Waals surface area (Å²) in [6.45, 7) is -0.430. The Kier molecular flexibility index (Phi) is 3.63. The summed E-state index contributed by atoms with van der Waals surface area (Å²) in [5.74, 6) is -0.767. The van der Waals surface area contributed by atoms with Crippen molar-refractivity contribution in [2.24, 2.45) is 17.8 Å². The third kappa shape index (κ3) is 3.16. The number of hydrogen-bond donors (Lipinski definition) is 1. The third-order valence-electron chi connectivity index (χ3n) is 4.61. The molecule has 6 nitrogen and oxygen atoms in total. The van der Waals surface area contributed by atoms with Crippen LogP contribution in [0.15, 0.2) is 30.4 Å². The number of esters is 1. The number of carbonyl (C=O) groups excluding carboxylic acids is 2. The van der Waals surface area contributed by atoms with Gasteiger partial charge in [-0.25, -0.2) is 0 Å². The maximum atomic E-state index is 13.0. The molecule has 1 saturated carbocycles. The summed E-state index contributed by atoms with van der Waals surface area (Å²) in [5.41, 5.74) is 0.240. The highest BCUT2D eigenvalue weighted by Crippen LogP contribution is 2.44. The van der Waals surface area contributed by atoms with Crippen LogP contribution in [0.4, 0.5) is 14.5 Å². The number of carbonyl (C=O) groups is 2. The van der Waals surface area contributed by atoms with Crippen LogP contribution >= 0.6 is 0 Å². The zero-order chi connectivity index (χ0) is 17.6. The summed E-state index contributed by atoms with van der Waals surface area (Å²) in [6, 6.07) is 3.88. The van der Waals surface area contributed by atoms with E-state index >= 15 is 0 Å². The van der Waals surface area contributed by atoms with Crippen LogP contribution in [0.3, 0.4) is 0 Å². The van der Waals surface area contributed by atoms with Crippen LogP contribution in [-0.2, 0) is 14.3 Å². The molecule has 132 valence electrons. The summed E-state index contributed by atoms with van der Waals surface area (Å²) in [5, 5.41) is 2.47. The summed E-state index contributed by atoms with van der Waals surface area (Å²) < 4.78 is 39.6. The number of anilines is 1. The Morgan fingerprint density at radius 2 is 2.00 bits per heavy atom. The van der Waals surface area contributed by atoms with Crippen LogP contribution in [0.1, 0.15) is 12.8 Å². The lowest BCUT2D eigenvalue weighted by Crippen LogP contribution is -2.26. The first-order valence-electron chi connectivity index (χ1n) is 7.94. The quantitative estimate of drug-likeness (QED) is 0.667. The first kappa shape index (κ1) is 15.9. The molecule has 3 aliphatic rings. The molecule has 1 fully saturated rings. The number of benzene rings is 1. The molecule has 1 aromatic carbocycles. The van der Waals surface area contributed by atoms with E-state index in [1.807, 2.05) is 6.08 Å². The van der Waals surface area contributed by atoms with Gasteiger partial charge in [0, 0.05) is 11.8 Å². The van der Waals surface area contributed by atoms with Gasteiger partial charge in [0.1, 0.15) is 0 Å². The molecule has 0 spiro atoms. The Balaban J connectivity index is 1.30. The van der Waals surface area contributed by atoms with Crippen molar-refractivity contribution in [2.75, 3.05) is 11.9 Å². The fourth-order valence-electron chi connectivity index (χ4n) is 3.52. The fraction of sp³-hybridized carbons (Fsp3) is 0.412. The topological polar surface area (TPSA) is 73.9 Å². The molecule has 3 atom stereocenters. The minimum Gasteiger partial charge on any atom is -0.455 e. The number of amides is 1. The number of alkyl halides is 2. The lowest BCUT2D eigenvalue weighted by atomic mass is 9.94. The second kappa shape index (κ2) is 5.72. The van der Waals surface area contributed by atoms with Crippen molar-refractivity contribution in [1.82, 2.24) is 0 Å². The number of rotatable bonds is 4. The van der Waals surface area contributed by atoms with Crippen molar-refractivity contribution in [2.45, 2.75) is 19.1 Å². The Morgan fingerprint density at radius 1 is 1.20 bits per heavy atom. The lowest BCUT2D eigenvalue weighted by Gasteiger charge is -2.16. The van der Waals surface area contributed by atoms with Crippen molar-refractivity contribution in [3.8, 4) is 11.5 Å². The predicted molar refractivity (Wildman–Crippen MR) is 81.1 cm³/mol. The van der Waals surface area contributed by atoms with Gasteiger partial charge in [0.15, 0.2) is 18.1 Å². The second-order valence-corrected chi connectivity index (χ2v) is 6.37. The summed E-state index contributed by atoms with van der Waals surface area (Å²) in [6.07, 6.45) is 2.16. The van der Waals surface area contributed by atoms with E-state index in [2.05, 4.69) is 20.9 Å². The minimum absolute atomic E-state index is 0.112. The highest BCUT2D eigenvalue weighted by molar-refractivity contribution is 5.93. The molecule has 4 rings (SSSR count). The van der Waals surface area contributed by atoms with E-state index in [1.54, 1.807) is 0 Å². The largest absolute Gasteiger partial charge is 0.586 e. The van der Waals surface area contributed by atoms with Gasteiger partial charge < -0.3 is 19.5 Å². The molecule has 0 aromatic heterocycles. The minimum atomic E-state index is -3.71. The Bertz CT molecular complexity index is 763. The zero-order valence-electron chi connectivity index (χ0n) is 13.0. The predicted octanol–water partition coefficient (Wildman–Crippen LogP) is 2.70. The maximum Gasteiger partial charge on any atom is 0.586 e. The van der Waals surface area contributed by atoms with Crippen LogP contribution in [0.25, 0.3) is 0 Å². The molecular formula is C17H15F2NO5. The SMILES string of the molecule is O=C(COC(=O)[C@@H]1C[C@H]2C=C[C@@H]1C2)Nc1ccc2c(c1)OC(F)(F)O2. The number of fused-ring (bicyclic) bond motifs is 3. The molecule has 1 aromatic rings. The van der Waals surface area contributed by atoms with Crippen molar-refractivity contribution < 1.29 is 32.6 Å². The average Bonchev–Trinajstić information content (AvgIpc) is 3.24. The van der Waals surface area contributed by atoms with Gasteiger partial charge in [-0.1, -0.05) is 12.2 Å². The molecular weight excluding hydrogens is 336 g/mol. The molecule has 0 radical (unpaired) electrons. The molecule has 1 N–H and O–H groups in total. The molecule has 1 heterocycles. The zero-order valence-corrected chi connectivity index (χ0v) is 13.0. The van der Waals surface area contributed by atoms with Crippen LogP contribution in [0.5, 0.6) is 11.5 Å². The molecule has 2 aliphatic carbocycles. The van der Waals surface area contributed by atoms with Gasteiger partial charge in [0.2, 0.25) is 0 Å². The number of ether oxygens (including phenoxy) is 3. The van der Waals surface area contributed by atoms with E-state index in [-0.39, 0.29) is 35.0 Å². The second-order valence-electron chi connectivity index (χ2n) is 6.37. The van der Waals surface area contributed by atoms with Gasteiger partial charge in [-0.15, -0.1) is 8.78 Å². The first-order chi connectivity index (χ1) is 11.9. The molecule has 2 bridgehead atoms. The molecule has 0 saturated heterocycles. The van der Waals surface area contributed by atoms with Crippen LogP contribution < -0.4 is 14.8 Å². The van der Waals surface area contributed by atoms with E-state index in [0.29, 0.717) is 5.92 Å². The lowest BCUT2D eigenvalue weighted by molar-refractivity contribution is -0.286. The van der Waals surface area contributed by atoms with Crippen LogP contribution in [0, 0.1) is 17.8 Å². The van der Waals surface area contributed by atoms with E-state index < -0.39 is 18.8 Å². The molecule has 0 unspecified atom stereocenters. The Hall–Kier alpha value is -2.64. The summed E-state index contributed by atoms with van der Waals surface area (Å²) >= 11 is 0. The van der Waals surface area contributed by atoms with Gasteiger partial charge >= 0.3 is 12.3 Å². The Morgan fingerprint density at radius 3 is 2.72 bits per heavy atom. The normalized spacial score (nSPS) is 27.4. The monoisotopic (exact) mass is 351 g/mol. The molecule has 1 aliphatic heterocycles. The van der Waals surface area contributed by atoms with Crippen molar-refractivity contribution in [3.63, 3.8) is 0 Å². The highest BCUT2D eigenvalue weighted by Gasteiger charge is 2.43. The van der Waals surface area contributed by atoms with Gasteiger partial charge in [0.05, 0.1) is 5.92 Å². The van der Waals surface area contributed by atoms with Gasteiger partial charge in [-0.3, -0.25) is 9.59 Å². The first-order valence-corrected chi connectivity index (χ1v) is 7.94. The maximum absolute atomic E-state index is 13.0. The Labute approximate surface area is 141 Å². The van der Waals surface area contributed by atoms with Gasteiger partial charge in [-0.05, 0) is 36.8 Å².